The molecule has 0 saturated carbocycles. The zero-order chi connectivity index (χ0) is 13.5. The van der Waals surface area contributed by atoms with Gasteiger partial charge >= 0.3 is 0 Å². The van der Waals surface area contributed by atoms with E-state index in [1.807, 2.05) is 13.0 Å². The molecule has 0 spiro atoms. The minimum Gasteiger partial charge on any atom is -0.275 e. The fourth-order valence-electron chi connectivity index (χ4n) is 1.58. The number of nitrogens with zero attached hydrogens (tertiary/aromatic N) is 1. The van der Waals surface area contributed by atoms with Crippen molar-refractivity contribution in [2.45, 2.75) is 26.7 Å². The molecule has 3 nitrogen and oxygen atoms in total. The Morgan fingerprint density at radius 3 is 2.33 bits per heavy atom. The van der Waals surface area contributed by atoms with Crippen LogP contribution in [0, 0.1) is 0 Å². The third kappa shape index (κ3) is 3.55. The molecule has 0 aliphatic rings. The number of rotatable bonds is 5. The fourth-order valence-corrected chi connectivity index (χ4v) is 1.58. The van der Waals surface area contributed by atoms with E-state index in [-0.39, 0.29) is 11.8 Å². The van der Waals surface area contributed by atoms with E-state index in [0.29, 0.717) is 17.7 Å². The number of benzene rings is 1. The largest absolute Gasteiger partial charge is 0.275 e. The molecule has 1 rings (SSSR count). The summed E-state index contributed by atoms with van der Waals surface area (Å²) in [5, 5.41) is 0. The molecule has 18 heavy (non-hydrogen) atoms. The molecule has 0 bridgehead atoms. The van der Waals surface area contributed by atoms with Gasteiger partial charge in [-0.2, -0.15) is 0 Å². The van der Waals surface area contributed by atoms with E-state index in [1.54, 1.807) is 31.2 Å². The summed E-state index contributed by atoms with van der Waals surface area (Å²) in [6, 6.07) is 8.85. The van der Waals surface area contributed by atoms with E-state index in [4.69, 9.17) is 0 Å². The van der Waals surface area contributed by atoms with Gasteiger partial charge in [0.05, 0.1) is 0 Å². The molecule has 0 aliphatic heterocycles. The fraction of sp³-hybridized carbons (Fsp3) is 0.333. The quantitative estimate of drug-likeness (QED) is 0.748. The smallest absolute Gasteiger partial charge is 0.260 e. The Balaban J connectivity index is 2.92. The van der Waals surface area contributed by atoms with Gasteiger partial charge in [-0.25, -0.2) is 0 Å². The van der Waals surface area contributed by atoms with E-state index < -0.39 is 0 Å². The van der Waals surface area contributed by atoms with Crippen molar-refractivity contribution < 1.29 is 9.59 Å². The van der Waals surface area contributed by atoms with Gasteiger partial charge in [-0.15, -0.1) is 0 Å². The van der Waals surface area contributed by atoms with Crippen molar-refractivity contribution >= 4 is 11.8 Å². The normalized spacial score (nSPS) is 9.89. The Labute approximate surface area is 108 Å². The molecule has 0 N–H and O–H groups in total. The van der Waals surface area contributed by atoms with Crippen LogP contribution in [0.2, 0.25) is 0 Å². The van der Waals surface area contributed by atoms with Gasteiger partial charge in [0.25, 0.3) is 11.8 Å². The van der Waals surface area contributed by atoms with Gasteiger partial charge in [0.1, 0.15) is 0 Å². The Morgan fingerprint density at radius 1 is 1.22 bits per heavy atom. The van der Waals surface area contributed by atoms with E-state index >= 15 is 0 Å². The van der Waals surface area contributed by atoms with Crippen LogP contribution in [0.3, 0.4) is 0 Å². The average molecular weight is 245 g/mol. The van der Waals surface area contributed by atoms with E-state index in [1.165, 1.54) is 4.90 Å². The topological polar surface area (TPSA) is 37.4 Å². The molecule has 0 heterocycles. The SMILES string of the molecule is C=C(C)C(=O)N(CCCC)C(=O)c1ccccc1. The molecular formula is C15H19NO2. The highest BCUT2D eigenvalue weighted by molar-refractivity contribution is 6.09. The van der Waals surface area contributed by atoms with Gasteiger partial charge in [-0.3, -0.25) is 14.5 Å². The van der Waals surface area contributed by atoms with Crippen LogP contribution in [-0.2, 0) is 4.79 Å². The molecule has 0 fully saturated rings. The van der Waals surface area contributed by atoms with Crippen LogP contribution >= 0.6 is 0 Å². The second kappa shape index (κ2) is 6.74. The summed E-state index contributed by atoms with van der Waals surface area (Å²) in [7, 11) is 0. The minimum absolute atomic E-state index is 0.253. The van der Waals surface area contributed by atoms with Crippen LogP contribution in [0.25, 0.3) is 0 Å². The van der Waals surface area contributed by atoms with Crippen LogP contribution in [-0.4, -0.2) is 23.3 Å². The van der Waals surface area contributed by atoms with Crippen LogP contribution in [0.4, 0.5) is 0 Å². The Bertz CT molecular complexity index is 437. The maximum Gasteiger partial charge on any atom is 0.260 e. The zero-order valence-corrected chi connectivity index (χ0v) is 11.0. The van der Waals surface area contributed by atoms with Crippen molar-refractivity contribution in [3.8, 4) is 0 Å². The first-order valence-corrected chi connectivity index (χ1v) is 6.14. The number of hydrogen-bond donors (Lipinski definition) is 0. The Hall–Kier alpha value is -1.90. The highest BCUT2D eigenvalue weighted by Gasteiger charge is 2.22. The van der Waals surface area contributed by atoms with Crippen molar-refractivity contribution in [3.05, 3.63) is 48.0 Å². The van der Waals surface area contributed by atoms with Crippen LogP contribution in [0.1, 0.15) is 37.0 Å². The molecule has 0 saturated heterocycles. The Morgan fingerprint density at radius 2 is 1.83 bits per heavy atom. The van der Waals surface area contributed by atoms with Crippen molar-refractivity contribution in [3.63, 3.8) is 0 Å². The van der Waals surface area contributed by atoms with Crippen LogP contribution in [0.15, 0.2) is 42.5 Å². The number of hydrogen-bond acceptors (Lipinski definition) is 2. The monoisotopic (exact) mass is 245 g/mol. The second-order valence-corrected chi connectivity index (χ2v) is 4.26. The molecule has 3 heteroatoms. The molecule has 96 valence electrons. The summed E-state index contributed by atoms with van der Waals surface area (Å²) in [4.78, 5) is 25.5. The Kier molecular flexibility index (Phi) is 5.31. The van der Waals surface area contributed by atoms with Gasteiger partial charge in [0.2, 0.25) is 0 Å². The maximum atomic E-state index is 12.3. The van der Waals surface area contributed by atoms with Gasteiger partial charge in [0.15, 0.2) is 0 Å². The van der Waals surface area contributed by atoms with Gasteiger partial charge in [0, 0.05) is 17.7 Å². The standard InChI is InChI=1S/C15H19NO2/c1-4-5-11-16(14(17)12(2)3)15(18)13-9-7-6-8-10-13/h6-10H,2,4-5,11H2,1,3H3. The van der Waals surface area contributed by atoms with E-state index in [0.717, 1.165) is 12.8 Å². The maximum absolute atomic E-state index is 12.3. The molecule has 0 unspecified atom stereocenters. The molecule has 2 amide bonds. The second-order valence-electron chi connectivity index (χ2n) is 4.26. The summed E-state index contributed by atoms with van der Waals surface area (Å²) >= 11 is 0. The lowest BCUT2D eigenvalue weighted by Gasteiger charge is -2.20. The number of carbonyl (C=O) groups excluding carboxylic acids is 2. The molecule has 1 aromatic rings. The highest BCUT2D eigenvalue weighted by atomic mass is 16.2. The van der Waals surface area contributed by atoms with Crippen molar-refractivity contribution in [2.24, 2.45) is 0 Å². The lowest BCUT2D eigenvalue weighted by atomic mass is 10.1. The van der Waals surface area contributed by atoms with Gasteiger partial charge in [-0.05, 0) is 25.5 Å². The summed E-state index contributed by atoms with van der Waals surface area (Å²) in [6.45, 7) is 7.71. The molecule has 0 atom stereocenters. The number of unbranched alkanes of at least 4 members (excludes halogenated alkanes) is 1. The predicted molar refractivity (Wildman–Crippen MR) is 72.2 cm³/mol. The summed E-state index contributed by atoms with van der Waals surface area (Å²) < 4.78 is 0. The third-order valence-corrected chi connectivity index (χ3v) is 2.61. The first kappa shape index (κ1) is 14.2. The van der Waals surface area contributed by atoms with Crippen LogP contribution in [0.5, 0.6) is 0 Å². The van der Waals surface area contributed by atoms with Crippen molar-refractivity contribution in [2.75, 3.05) is 6.54 Å². The number of imide groups is 1. The highest BCUT2D eigenvalue weighted by Crippen LogP contribution is 2.09. The van der Waals surface area contributed by atoms with E-state index in [9.17, 15) is 9.59 Å². The molecular weight excluding hydrogens is 226 g/mol. The summed E-state index contributed by atoms with van der Waals surface area (Å²) in [5.74, 6) is -0.547. The minimum atomic E-state index is -0.294. The first-order valence-electron chi connectivity index (χ1n) is 6.14. The summed E-state index contributed by atoms with van der Waals surface area (Å²) in [6.07, 6.45) is 1.74. The van der Waals surface area contributed by atoms with Crippen molar-refractivity contribution in [1.29, 1.82) is 0 Å². The van der Waals surface area contributed by atoms with Gasteiger partial charge < -0.3 is 0 Å². The number of amides is 2. The molecule has 0 radical (unpaired) electrons. The van der Waals surface area contributed by atoms with Crippen molar-refractivity contribution in [1.82, 2.24) is 4.90 Å². The predicted octanol–water partition coefficient (Wildman–Crippen LogP) is 3.03. The van der Waals surface area contributed by atoms with Crippen LogP contribution < -0.4 is 0 Å². The lowest BCUT2D eigenvalue weighted by molar-refractivity contribution is -0.124. The summed E-state index contributed by atoms with van der Waals surface area (Å²) in [5.41, 5.74) is 0.915. The third-order valence-electron chi connectivity index (χ3n) is 2.61. The zero-order valence-electron chi connectivity index (χ0n) is 11.0. The lowest BCUT2D eigenvalue weighted by Crippen LogP contribution is -2.38. The van der Waals surface area contributed by atoms with E-state index in [2.05, 4.69) is 6.58 Å². The molecule has 0 aromatic heterocycles. The first-order chi connectivity index (χ1) is 8.57. The average Bonchev–Trinajstić information content (AvgIpc) is 2.39. The van der Waals surface area contributed by atoms with Gasteiger partial charge in [-0.1, -0.05) is 38.1 Å². The molecule has 0 aliphatic carbocycles. The molecule has 1 aromatic carbocycles. The number of carbonyl (C=O) groups is 2.